The van der Waals surface area contributed by atoms with Gasteiger partial charge in [-0.1, -0.05) is 19.3 Å². The van der Waals surface area contributed by atoms with Gasteiger partial charge in [-0.3, -0.25) is 9.59 Å². The summed E-state index contributed by atoms with van der Waals surface area (Å²) in [6.45, 7) is 3.45. The van der Waals surface area contributed by atoms with Crippen LogP contribution in [0.2, 0.25) is 0 Å². The second-order valence-electron chi connectivity index (χ2n) is 7.76. The molecular weight excluding hydrogens is 412 g/mol. The van der Waals surface area contributed by atoms with Crippen molar-refractivity contribution in [3.05, 3.63) is 34.2 Å². The molecule has 0 radical (unpaired) electrons. The largest absolute Gasteiger partial charge is 0.493 e. The molecule has 1 aliphatic rings. The highest BCUT2D eigenvalue weighted by atomic mass is 16.5. The van der Waals surface area contributed by atoms with Crippen LogP contribution in [-0.2, 0) is 16.0 Å². The highest BCUT2D eigenvalue weighted by Crippen LogP contribution is 2.31. The van der Waals surface area contributed by atoms with Gasteiger partial charge in [0.2, 0.25) is 5.91 Å². The maximum atomic E-state index is 12.5. The topological polar surface area (TPSA) is 115 Å². The first-order valence-electron chi connectivity index (χ1n) is 11.2. The molecule has 1 aromatic carbocycles. The van der Waals surface area contributed by atoms with E-state index in [2.05, 4.69) is 20.5 Å². The van der Waals surface area contributed by atoms with E-state index in [9.17, 15) is 9.59 Å². The van der Waals surface area contributed by atoms with Crippen molar-refractivity contribution >= 4 is 5.91 Å². The summed E-state index contributed by atoms with van der Waals surface area (Å²) < 4.78 is 16.3. The number of carbonyl (C=O) groups is 1. The van der Waals surface area contributed by atoms with E-state index in [0.717, 1.165) is 25.7 Å². The fourth-order valence-electron chi connectivity index (χ4n) is 3.72. The Morgan fingerprint density at radius 1 is 1.16 bits per heavy atom. The van der Waals surface area contributed by atoms with Crippen LogP contribution < -0.4 is 20.3 Å². The molecule has 2 aromatic rings. The number of nitrogens with one attached hydrogen (secondary N) is 2. The van der Waals surface area contributed by atoms with Crippen LogP contribution in [0.1, 0.15) is 51.1 Å². The smallest absolute Gasteiger partial charge is 0.273 e. The lowest BCUT2D eigenvalue weighted by Crippen LogP contribution is -2.36. The number of hydrogen-bond donors (Lipinski definition) is 2. The van der Waals surface area contributed by atoms with Gasteiger partial charge < -0.3 is 24.5 Å². The van der Waals surface area contributed by atoms with E-state index in [1.54, 1.807) is 25.3 Å². The lowest BCUT2D eigenvalue weighted by atomic mass is 9.95. The number of ether oxygens (including phenoxy) is 3. The van der Waals surface area contributed by atoms with Gasteiger partial charge in [0.1, 0.15) is 12.3 Å². The number of aromatic nitrogens is 3. The number of H-pyrrole nitrogens is 1. The number of amides is 1. The summed E-state index contributed by atoms with van der Waals surface area (Å²) in [7, 11) is 1.55. The average molecular weight is 445 g/mol. The third-order valence-corrected chi connectivity index (χ3v) is 5.45. The molecule has 2 N–H and O–H groups in total. The fraction of sp³-hybridized carbons (Fsp3) is 0.565. The van der Waals surface area contributed by atoms with E-state index in [-0.39, 0.29) is 36.0 Å². The zero-order chi connectivity index (χ0) is 22.8. The number of aryl methyl sites for hydroxylation is 1. The maximum absolute atomic E-state index is 12.5. The zero-order valence-electron chi connectivity index (χ0n) is 18.8. The Morgan fingerprint density at radius 3 is 2.69 bits per heavy atom. The molecule has 1 heterocycles. The maximum Gasteiger partial charge on any atom is 0.273 e. The Bertz CT molecular complexity index is 940. The molecule has 1 aliphatic carbocycles. The van der Waals surface area contributed by atoms with Gasteiger partial charge in [-0.25, -0.2) is 0 Å². The van der Waals surface area contributed by atoms with Gasteiger partial charge in [0, 0.05) is 31.1 Å². The number of methoxy groups -OCH3 is 1. The fourth-order valence-corrected chi connectivity index (χ4v) is 3.72. The first-order valence-corrected chi connectivity index (χ1v) is 11.2. The van der Waals surface area contributed by atoms with Gasteiger partial charge in [-0.05, 0) is 38.0 Å². The lowest BCUT2D eigenvalue weighted by Gasteiger charge is -2.22. The summed E-state index contributed by atoms with van der Waals surface area (Å²) in [6.07, 6.45) is 6.07. The second-order valence-corrected chi connectivity index (χ2v) is 7.76. The highest BCUT2D eigenvalue weighted by Gasteiger charge is 2.17. The van der Waals surface area contributed by atoms with Crippen LogP contribution in [0.4, 0.5) is 0 Å². The molecule has 3 rings (SSSR count). The summed E-state index contributed by atoms with van der Waals surface area (Å²) >= 11 is 0. The van der Waals surface area contributed by atoms with E-state index < -0.39 is 0 Å². The number of nitrogens with zero attached hydrogens (tertiary/aromatic N) is 2. The van der Waals surface area contributed by atoms with Crippen molar-refractivity contribution in [2.45, 2.75) is 57.9 Å². The van der Waals surface area contributed by atoms with Crippen molar-refractivity contribution in [1.82, 2.24) is 20.5 Å². The van der Waals surface area contributed by atoms with Gasteiger partial charge in [-0.15, -0.1) is 10.2 Å². The molecule has 1 saturated carbocycles. The van der Waals surface area contributed by atoms with Crippen molar-refractivity contribution in [3.8, 4) is 22.9 Å². The minimum Gasteiger partial charge on any atom is -0.493 e. The number of hydrogen-bond acceptors (Lipinski definition) is 7. The predicted octanol–water partition coefficient (Wildman–Crippen LogP) is 2.64. The van der Waals surface area contributed by atoms with Crippen LogP contribution in [0.3, 0.4) is 0 Å². The van der Waals surface area contributed by atoms with E-state index in [1.165, 1.54) is 6.42 Å². The highest BCUT2D eigenvalue weighted by molar-refractivity contribution is 5.76. The summed E-state index contributed by atoms with van der Waals surface area (Å²) in [5.74, 6) is 1.37. The molecule has 0 unspecified atom stereocenters. The average Bonchev–Trinajstić information content (AvgIpc) is 2.81. The normalized spacial score (nSPS) is 14.2. The standard InChI is InChI=1S/C23H32N4O5/c1-3-31-13-14-32-19-11-9-16(15-20(19)30-2)22-25-23(29)18(26-27-22)10-12-21(28)24-17-7-5-4-6-8-17/h9,11,15,17H,3-8,10,12-14H2,1-2H3,(H,24,28)(H,25,27,29). The van der Waals surface area contributed by atoms with E-state index in [4.69, 9.17) is 14.2 Å². The Morgan fingerprint density at radius 2 is 1.97 bits per heavy atom. The molecule has 9 heteroatoms. The monoisotopic (exact) mass is 444 g/mol. The van der Waals surface area contributed by atoms with E-state index in [1.807, 2.05) is 6.92 Å². The Labute approximate surface area is 187 Å². The first kappa shape index (κ1) is 23.7. The number of carbonyl (C=O) groups excluding carboxylic acids is 1. The van der Waals surface area contributed by atoms with Gasteiger partial charge in [0.05, 0.1) is 13.7 Å². The van der Waals surface area contributed by atoms with Gasteiger partial charge in [0.25, 0.3) is 5.56 Å². The summed E-state index contributed by atoms with van der Waals surface area (Å²) in [6, 6.07) is 5.51. The van der Waals surface area contributed by atoms with Gasteiger partial charge in [0.15, 0.2) is 17.3 Å². The van der Waals surface area contributed by atoms with Crippen LogP contribution in [0.15, 0.2) is 23.0 Å². The molecule has 0 aliphatic heterocycles. The molecule has 0 atom stereocenters. The minimum atomic E-state index is -0.350. The van der Waals surface area contributed by atoms with Crippen LogP contribution in [-0.4, -0.2) is 54.1 Å². The summed E-state index contributed by atoms with van der Waals surface area (Å²) in [5, 5.41) is 11.3. The molecule has 0 spiro atoms. The van der Waals surface area contributed by atoms with Gasteiger partial charge in [-0.2, -0.15) is 0 Å². The Kier molecular flexibility index (Phi) is 9.03. The lowest BCUT2D eigenvalue weighted by molar-refractivity contribution is -0.122. The number of benzene rings is 1. The molecule has 9 nitrogen and oxygen atoms in total. The SMILES string of the molecule is CCOCCOc1ccc(-c2nnc(CCC(=O)NC3CCCCC3)c(=O)[nH]2)cc1OC. The number of aromatic amines is 1. The van der Waals surface area contributed by atoms with Crippen LogP contribution >= 0.6 is 0 Å². The predicted molar refractivity (Wildman–Crippen MR) is 120 cm³/mol. The van der Waals surface area contributed by atoms with Crippen molar-refractivity contribution in [1.29, 1.82) is 0 Å². The molecule has 174 valence electrons. The van der Waals surface area contributed by atoms with Crippen molar-refractivity contribution in [2.75, 3.05) is 26.9 Å². The molecular formula is C23H32N4O5. The molecule has 1 aromatic heterocycles. The molecule has 0 saturated heterocycles. The van der Waals surface area contributed by atoms with Crippen molar-refractivity contribution < 1.29 is 19.0 Å². The molecule has 1 fully saturated rings. The third-order valence-electron chi connectivity index (χ3n) is 5.45. The van der Waals surface area contributed by atoms with Crippen LogP contribution in [0.5, 0.6) is 11.5 Å². The van der Waals surface area contributed by atoms with Crippen molar-refractivity contribution in [2.24, 2.45) is 0 Å². The van der Waals surface area contributed by atoms with Crippen LogP contribution in [0, 0.1) is 0 Å². The summed E-state index contributed by atoms with van der Waals surface area (Å²) in [5.41, 5.74) is 0.539. The number of rotatable bonds is 11. The molecule has 0 bridgehead atoms. The minimum absolute atomic E-state index is 0.0492. The third kappa shape index (κ3) is 6.78. The Hall–Kier alpha value is -2.94. The summed E-state index contributed by atoms with van der Waals surface area (Å²) in [4.78, 5) is 27.4. The van der Waals surface area contributed by atoms with Crippen LogP contribution in [0.25, 0.3) is 11.4 Å². The van der Waals surface area contributed by atoms with E-state index >= 15 is 0 Å². The Balaban J connectivity index is 1.60. The zero-order valence-corrected chi connectivity index (χ0v) is 18.8. The molecule has 1 amide bonds. The molecule has 32 heavy (non-hydrogen) atoms. The quantitative estimate of drug-likeness (QED) is 0.512. The van der Waals surface area contributed by atoms with E-state index in [0.29, 0.717) is 42.7 Å². The first-order chi connectivity index (χ1) is 15.6. The second kappa shape index (κ2) is 12.2. The van der Waals surface area contributed by atoms with Crippen molar-refractivity contribution in [3.63, 3.8) is 0 Å². The van der Waals surface area contributed by atoms with Gasteiger partial charge >= 0.3 is 0 Å².